The van der Waals surface area contributed by atoms with E-state index in [1.54, 1.807) is 0 Å². The van der Waals surface area contributed by atoms with Gasteiger partial charge < -0.3 is 10.8 Å². The molecule has 0 aliphatic heterocycles. The number of hydrogen-bond donors (Lipinski definition) is 2. The second kappa shape index (κ2) is 3.45. The van der Waals surface area contributed by atoms with Crippen LogP contribution < -0.4 is 5.73 Å². The van der Waals surface area contributed by atoms with E-state index in [0.29, 0.717) is 12.3 Å². The summed E-state index contributed by atoms with van der Waals surface area (Å²) in [5, 5.41) is 3.70. The monoisotopic (exact) mass is 132 g/mol. The lowest BCUT2D eigenvalue weighted by molar-refractivity contribution is -0.138. The Morgan fingerprint density at radius 2 is 2.44 bits per heavy atom. The Morgan fingerprint density at radius 3 is 2.78 bits per heavy atom. The number of rotatable bonds is 3. The quantitative estimate of drug-likeness (QED) is 0.585. The van der Waals surface area contributed by atoms with Crippen molar-refractivity contribution in [3.8, 4) is 0 Å². The van der Waals surface area contributed by atoms with Crippen molar-refractivity contribution >= 4 is 5.97 Å². The van der Waals surface area contributed by atoms with E-state index in [0.717, 1.165) is 0 Å². The first-order valence-corrected chi connectivity index (χ1v) is 3.00. The highest BCUT2D eigenvalue weighted by Crippen LogP contribution is 2.01. The molecule has 9 heavy (non-hydrogen) atoms. The molecule has 0 rings (SSSR count). The minimum Gasteiger partial charge on any atom is -0.480 e. The topological polar surface area (TPSA) is 63.3 Å². The van der Waals surface area contributed by atoms with Gasteiger partial charge in [-0.25, -0.2) is 0 Å². The van der Waals surface area contributed by atoms with Gasteiger partial charge in [0.25, 0.3) is 1.43 Å². The first kappa shape index (κ1) is 6.55. The largest absolute Gasteiger partial charge is 0.480 e. The molecule has 0 aromatic carbocycles. The van der Waals surface area contributed by atoms with Crippen LogP contribution in [-0.2, 0) is 4.79 Å². The van der Waals surface area contributed by atoms with Crippen molar-refractivity contribution in [1.29, 1.82) is 1.43 Å². The average molecular weight is 132 g/mol. The van der Waals surface area contributed by atoms with Crippen LogP contribution in [0.1, 0.15) is 20.3 Å². The van der Waals surface area contributed by atoms with E-state index < -0.39 is 12.0 Å². The van der Waals surface area contributed by atoms with Crippen LogP contribution in [0.5, 0.6) is 0 Å². The van der Waals surface area contributed by atoms with Crippen molar-refractivity contribution in [3.63, 3.8) is 0 Å². The number of carboxylic acid groups (broad SMARTS) is 1. The van der Waals surface area contributed by atoms with Gasteiger partial charge in [0.1, 0.15) is 6.04 Å². The molecule has 3 heteroatoms. The predicted octanol–water partition coefficient (Wildman–Crippen LogP) is 0.444. The van der Waals surface area contributed by atoms with Crippen LogP contribution in [0.2, 0.25) is 0 Å². The summed E-state index contributed by atoms with van der Waals surface area (Å²) < 4.78 is 6.25. The smallest absolute Gasteiger partial charge is 0.320 e. The third-order valence-corrected chi connectivity index (χ3v) is 1.03. The highest BCUT2D eigenvalue weighted by atomic mass is 16.4. The van der Waals surface area contributed by atoms with Gasteiger partial charge in [0.05, 0.1) is 0 Å². The van der Waals surface area contributed by atoms with Gasteiger partial charge in [0.2, 0.25) is 0 Å². The van der Waals surface area contributed by atoms with Gasteiger partial charge in [-0.2, -0.15) is 0 Å². The molecule has 0 spiro atoms. The molecule has 0 radical (unpaired) electrons. The molecule has 0 fully saturated rings. The molecule has 0 aromatic heterocycles. The normalized spacial score (nSPS) is 14.9. The van der Waals surface area contributed by atoms with Gasteiger partial charge in [-0.05, 0) is 12.3 Å². The molecule has 0 aromatic rings. The van der Waals surface area contributed by atoms with E-state index in [1.165, 1.54) is 0 Å². The number of carboxylic acids is 1. The van der Waals surface area contributed by atoms with E-state index >= 15 is 0 Å². The van der Waals surface area contributed by atoms with Crippen molar-refractivity contribution in [2.24, 2.45) is 11.7 Å². The van der Waals surface area contributed by atoms with Crippen LogP contribution >= 0.6 is 0 Å². The van der Waals surface area contributed by atoms with Crippen molar-refractivity contribution in [3.05, 3.63) is 0 Å². The Morgan fingerprint density at radius 1 is 1.89 bits per heavy atom. The highest BCUT2D eigenvalue weighted by molar-refractivity contribution is 5.72. The van der Waals surface area contributed by atoms with Crippen molar-refractivity contribution in [2.75, 3.05) is 0 Å². The number of nitrogens with two attached hydrogens (primary N) is 1. The maximum absolute atomic E-state index is 10.5. The zero-order valence-electron chi connectivity index (χ0n) is 6.76. The Kier molecular flexibility index (Phi) is 2.51. The van der Waals surface area contributed by atoms with Crippen molar-refractivity contribution in [2.45, 2.75) is 26.3 Å². The van der Waals surface area contributed by atoms with Gasteiger partial charge in [-0.15, -0.1) is 0 Å². The minimum absolute atomic E-state index is 0.356. The summed E-state index contributed by atoms with van der Waals surface area (Å²) >= 11 is 0. The van der Waals surface area contributed by atoms with E-state index in [2.05, 4.69) is 5.11 Å². The maximum atomic E-state index is 10.5. The van der Waals surface area contributed by atoms with Crippen LogP contribution in [0.4, 0.5) is 0 Å². The van der Waals surface area contributed by atoms with Gasteiger partial charge in [0, 0.05) is 0 Å². The second-order valence-electron chi connectivity index (χ2n) is 2.56. The molecule has 1 atom stereocenters. The Bertz CT molecular complexity index is 116. The molecule has 3 N–H and O–H groups in total. The summed E-state index contributed by atoms with van der Waals surface area (Å²) in [6.45, 7) is 3.91. The van der Waals surface area contributed by atoms with Gasteiger partial charge in [0.15, 0.2) is 0 Å². The molecule has 54 valence electrons. The van der Waals surface area contributed by atoms with Gasteiger partial charge in [-0.3, -0.25) is 4.79 Å². The number of carbonyl (C=O) groups is 1. The highest BCUT2D eigenvalue weighted by Gasteiger charge is 2.11. The molecule has 0 bridgehead atoms. The Hall–Kier alpha value is -0.570. The molecule has 0 heterocycles. The fraction of sp³-hybridized carbons (Fsp3) is 0.833. The van der Waals surface area contributed by atoms with Crippen LogP contribution in [-0.4, -0.2) is 17.1 Å². The van der Waals surface area contributed by atoms with Crippen LogP contribution in [0.15, 0.2) is 0 Å². The lowest BCUT2D eigenvalue weighted by Crippen LogP contribution is -2.31. The molecular weight excluding hydrogens is 118 g/mol. The Labute approximate surface area is 56.4 Å². The molecule has 0 saturated heterocycles. The number of aliphatic carboxylic acids is 1. The standard InChI is InChI=1S/C6H13NO2/c1-4(2)3-5(7)6(8)9/h4-5H,3,7H2,1-2H3,(H,8,9)/t5-/m0/s1/i/hD. The molecule has 0 saturated carbocycles. The fourth-order valence-corrected chi connectivity index (χ4v) is 0.604. The molecule has 0 amide bonds. The fourth-order valence-electron chi connectivity index (χ4n) is 0.604. The van der Waals surface area contributed by atoms with Crippen LogP contribution in [0, 0.1) is 5.92 Å². The zero-order chi connectivity index (χ0) is 8.15. The van der Waals surface area contributed by atoms with Crippen molar-refractivity contribution in [1.82, 2.24) is 0 Å². The molecule has 0 unspecified atom stereocenters. The van der Waals surface area contributed by atoms with Crippen molar-refractivity contribution < 1.29 is 9.90 Å². The summed E-state index contributed by atoms with van der Waals surface area (Å²) in [5.41, 5.74) is 5.33. The van der Waals surface area contributed by atoms with Gasteiger partial charge in [-0.1, -0.05) is 13.8 Å². The lowest BCUT2D eigenvalue weighted by atomic mass is 10.1. The molecule has 0 aliphatic carbocycles. The molecule has 0 aliphatic rings. The van der Waals surface area contributed by atoms with E-state index in [-0.39, 0.29) is 0 Å². The van der Waals surface area contributed by atoms with E-state index in [9.17, 15) is 4.79 Å². The predicted molar refractivity (Wildman–Crippen MR) is 35.1 cm³/mol. The first-order valence-electron chi connectivity index (χ1n) is 3.41. The molecular formula is C6H13NO2. The SMILES string of the molecule is [2H]OC(=O)[C@@H](N)CC(C)C. The minimum atomic E-state index is -0.659. The summed E-state index contributed by atoms with van der Waals surface area (Å²) in [5.74, 6) is -0.303. The third kappa shape index (κ3) is 3.97. The summed E-state index contributed by atoms with van der Waals surface area (Å²) in [6, 6.07) is -0.641. The van der Waals surface area contributed by atoms with Gasteiger partial charge >= 0.3 is 5.97 Å². The second-order valence-corrected chi connectivity index (χ2v) is 2.56. The Balaban J connectivity index is 3.61. The average Bonchev–Trinajstić information content (AvgIpc) is 1.85. The van der Waals surface area contributed by atoms with E-state index in [1.807, 2.05) is 13.8 Å². The van der Waals surface area contributed by atoms with E-state index in [4.69, 9.17) is 7.16 Å². The first-order chi connectivity index (χ1) is 4.57. The summed E-state index contributed by atoms with van der Waals surface area (Å²) in [4.78, 5) is 10.5. The summed E-state index contributed by atoms with van der Waals surface area (Å²) in [7, 11) is 0. The summed E-state index contributed by atoms with van der Waals surface area (Å²) in [6.07, 6.45) is 0.567. The van der Waals surface area contributed by atoms with Crippen LogP contribution in [0.3, 0.4) is 0 Å². The zero-order valence-corrected chi connectivity index (χ0v) is 5.76. The molecule has 3 nitrogen and oxygen atoms in total. The third-order valence-electron chi connectivity index (χ3n) is 1.03. The maximum Gasteiger partial charge on any atom is 0.320 e. The lowest BCUT2D eigenvalue weighted by Gasteiger charge is -2.07. The number of hydrogen-bond acceptors (Lipinski definition) is 3. The van der Waals surface area contributed by atoms with Crippen LogP contribution in [0.25, 0.3) is 1.43 Å².